The number of amides is 3. The number of hydrogen-bond donors (Lipinski definition) is 5. The second kappa shape index (κ2) is 17.0. The first-order valence-electron chi connectivity index (χ1n) is 14.7. The zero-order chi connectivity index (χ0) is 32.9. The summed E-state index contributed by atoms with van der Waals surface area (Å²) in [5, 5.41) is 27.5. The van der Waals surface area contributed by atoms with Gasteiger partial charge in [0, 0.05) is 19.5 Å². The van der Waals surface area contributed by atoms with Crippen LogP contribution >= 0.6 is 0 Å². The number of hydrogen-bond acceptors (Lipinski definition) is 6. The topological polar surface area (TPSA) is 148 Å². The van der Waals surface area contributed by atoms with Gasteiger partial charge in [0.05, 0.1) is 6.04 Å². The largest absolute Gasteiger partial charge is 0.508 e. The van der Waals surface area contributed by atoms with Gasteiger partial charge in [-0.25, -0.2) is 4.79 Å². The van der Waals surface area contributed by atoms with Crippen LogP contribution in [-0.2, 0) is 32.0 Å². The number of aromatic hydroxyl groups is 1. The molecular formula is C34H46N4O6. The highest BCUT2D eigenvalue weighted by atomic mass is 16.4. The summed E-state index contributed by atoms with van der Waals surface area (Å²) in [5.74, 6) is -2.70. The van der Waals surface area contributed by atoms with Crippen molar-refractivity contribution in [1.29, 1.82) is 0 Å². The second-order valence-corrected chi connectivity index (χ2v) is 11.8. The van der Waals surface area contributed by atoms with Gasteiger partial charge >= 0.3 is 5.97 Å². The van der Waals surface area contributed by atoms with Crippen molar-refractivity contribution in [2.45, 2.75) is 70.6 Å². The lowest BCUT2D eigenvalue weighted by atomic mass is 9.98. The van der Waals surface area contributed by atoms with Crippen molar-refractivity contribution in [3.05, 3.63) is 91.0 Å². The molecule has 0 saturated heterocycles. The molecule has 10 nitrogen and oxygen atoms in total. The Kier molecular flexibility index (Phi) is 13.8. The van der Waals surface area contributed by atoms with E-state index in [1.54, 1.807) is 50.3 Å². The van der Waals surface area contributed by atoms with Crippen LogP contribution in [0.2, 0.25) is 0 Å². The molecule has 0 aromatic heterocycles. The van der Waals surface area contributed by atoms with Gasteiger partial charge in [0.15, 0.2) is 0 Å². The molecule has 0 unspecified atom stereocenters. The zero-order valence-corrected chi connectivity index (χ0v) is 26.1. The van der Waals surface area contributed by atoms with Gasteiger partial charge in [-0.2, -0.15) is 0 Å². The van der Waals surface area contributed by atoms with Crippen LogP contribution in [0.1, 0.15) is 45.2 Å². The number of aliphatic carboxylic acids is 1. The average Bonchev–Trinajstić information content (AvgIpc) is 2.96. The van der Waals surface area contributed by atoms with Crippen molar-refractivity contribution in [2.75, 3.05) is 13.1 Å². The molecule has 10 heteroatoms. The Balaban J connectivity index is 2.30. The van der Waals surface area contributed by atoms with Gasteiger partial charge < -0.3 is 26.2 Å². The van der Waals surface area contributed by atoms with E-state index in [1.807, 2.05) is 49.1 Å². The van der Waals surface area contributed by atoms with Crippen LogP contribution in [-0.4, -0.2) is 75.6 Å². The summed E-state index contributed by atoms with van der Waals surface area (Å²) in [6.45, 7) is 15.2. The molecule has 44 heavy (non-hydrogen) atoms. The molecule has 0 fully saturated rings. The zero-order valence-electron chi connectivity index (χ0n) is 26.1. The molecule has 0 spiro atoms. The predicted molar refractivity (Wildman–Crippen MR) is 171 cm³/mol. The molecule has 0 heterocycles. The minimum Gasteiger partial charge on any atom is -0.508 e. The molecule has 3 amide bonds. The quantitative estimate of drug-likeness (QED) is 0.164. The summed E-state index contributed by atoms with van der Waals surface area (Å²) in [6, 6.07) is 12.7. The Morgan fingerprint density at radius 1 is 0.841 bits per heavy atom. The lowest BCUT2D eigenvalue weighted by Gasteiger charge is -2.34. The maximum atomic E-state index is 13.8. The molecule has 5 N–H and O–H groups in total. The normalized spacial score (nSPS) is 13.4. The molecule has 0 aliphatic heterocycles. The van der Waals surface area contributed by atoms with Crippen LogP contribution in [0.3, 0.4) is 0 Å². The fourth-order valence-electron chi connectivity index (χ4n) is 4.71. The Hall–Kier alpha value is -4.44. The SMILES string of the molecule is C=CCN(CC=C)[C@@H](Cc1ccc(O)cc1)C(=O)NC(C)(C)C(=O)N[C@@H](Cc1ccccc1)C(=O)N[C@@H](CC(C)C)C(=O)O. The highest BCUT2D eigenvalue weighted by Crippen LogP contribution is 2.16. The summed E-state index contributed by atoms with van der Waals surface area (Å²) >= 11 is 0. The van der Waals surface area contributed by atoms with Crippen molar-refractivity contribution in [3.63, 3.8) is 0 Å². The van der Waals surface area contributed by atoms with E-state index in [2.05, 4.69) is 29.1 Å². The first-order valence-corrected chi connectivity index (χ1v) is 14.7. The molecule has 2 aromatic rings. The van der Waals surface area contributed by atoms with E-state index >= 15 is 0 Å². The van der Waals surface area contributed by atoms with E-state index in [0.717, 1.165) is 11.1 Å². The van der Waals surface area contributed by atoms with Crippen LogP contribution < -0.4 is 16.0 Å². The smallest absolute Gasteiger partial charge is 0.326 e. The monoisotopic (exact) mass is 606 g/mol. The van der Waals surface area contributed by atoms with E-state index < -0.39 is 47.4 Å². The predicted octanol–water partition coefficient (Wildman–Crippen LogP) is 3.22. The van der Waals surface area contributed by atoms with Crippen LogP contribution in [0.15, 0.2) is 79.9 Å². The third kappa shape index (κ3) is 11.3. The Labute approximate surface area is 260 Å². The summed E-state index contributed by atoms with van der Waals surface area (Å²) in [4.78, 5) is 54.5. The summed E-state index contributed by atoms with van der Waals surface area (Å²) in [5.41, 5.74) is 0.124. The Morgan fingerprint density at radius 3 is 1.93 bits per heavy atom. The number of phenolic OH excluding ortho intramolecular Hbond substituents is 1. The van der Waals surface area contributed by atoms with E-state index in [9.17, 15) is 29.4 Å². The van der Waals surface area contributed by atoms with Crippen molar-refractivity contribution in [1.82, 2.24) is 20.9 Å². The number of carbonyl (C=O) groups is 4. The van der Waals surface area contributed by atoms with Gasteiger partial charge in [0.1, 0.15) is 23.4 Å². The van der Waals surface area contributed by atoms with Crippen molar-refractivity contribution < 1.29 is 29.4 Å². The van der Waals surface area contributed by atoms with E-state index in [1.165, 1.54) is 0 Å². The summed E-state index contributed by atoms with van der Waals surface area (Å²) < 4.78 is 0. The molecule has 0 saturated carbocycles. The van der Waals surface area contributed by atoms with Crippen LogP contribution in [0.4, 0.5) is 0 Å². The third-order valence-electron chi connectivity index (χ3n) is 7.07. The number of carbonyl (C=O) groups excluding carboxylic acids is 3. The van der Waals surface area contributed by atoms with E-state index in [0.29, 0.717) is 13.1 Å². The summed E-state index contributed by atoms with van der Waals surface area (Å²) in [7, 11) is 0. The standard InChI is InChI=1S/C34H46N4O6/c1-7-18-38(19-8-2)29(22-25-14-16-26(39)17-15-25)31(41)37-34(5,6)33(44)36-27(21-24-12-10-9-11-13-24)30(40)35-28(32(42)43)20-23(3)4/h7-17,23,27-29,39H,1-2,18-22H2,3-6H3,(H,35,40)(H,36,44)(H,37,41)(H,42,43)/t27-,28-,29-/m0/s1. The Bertz CT molecular complexity index is 1270. The second-order valence-electron chi connectivity index (χ2n) is 11.8. The van der Waals surface area contributed by atoms with Crippen molar-refractivity contribution in [3.8, 4) is 5.75 Å². The lowest BCUT2D eigenvalue weighted by Crippen LogP contribution is -2.62. The van der Waals surface area contributed by atoms with E-state index in [-0.39, 0.29) is 30.9 Å². The van der Waals surface area contributed by atoms with Gasteiger partial charge in [0.2, 0.25) is 17.7 Å². The van der Waals surface area contributed by atoms with Crippen molar-refractivity contribution in [2.24, 2.45) is 5.92 Å². The molecule has 2 rings (SSSR count). The van der Waals surface area contributed by atoms with Gasteiger partial charge in [-0.3, -0.25) is 19.3 Å². The Morgan fingerprint density at radius 2 is 1.41 bits per heavy atom. The van der Waals surface area contributed by atoms with Crippen molar-refractivity contribution >= 4 is 23.7 Å². The minimum absolute atomic E-state index is 0.0176. The van der Waals surface area contributed by atoms with Crippen LogP contribution in [0.5, 0.6) is 5.75 Å². The molecular weight excluding hydrogens is 560 g/mol. The summed E-state index contributed by atoms with van der Waals surface area (Å²) in [6.07, 6.45) is 3.98. The van der Waals surface area contributed by atoms with E-state index in [4.69, 9.17) is 0 Å². The molecule has 0 bridgehead atoms. The molecule has 238 valence electrons. The number of phenols is 1. The number of benzene rings is 2. The number of carboxylic acids is 1. The van der Waals surface area contributed by atoms with Gasteiger partial charge in [-0.15, -0.1) is 13.2 Å². The van der Waals surface area contributed by atoms with Crippen LogP contribution in [0.25, 0.3) is 0 Å². The first-order chi connectivity index (χ1) is 20.8. The third-order valence-corrected chi connectivity index (χ3v) is 7.07. The highest BCUT2D eigenvalue weighted by molar-refractivity contribution is 5.96. The molecule has 0 aliphatic rings. The average molecular weight is 607 g/mol. The molecule has 3 atom stereocenters. The molecule has 0 aliphatic carbocycles. The number of nitrogens with zero attached hydrogens (tertiary/aromatic N) is 1. The first kappa shape index (κ1) is 35.8. The van der Waals surface area contributed by atoms with Gasteiger partial charge in [-0.1, -0.05) is 68.5 Å². The minimum atomic E-state index is -1.45. The maximum Gasteiger partial charge on any atom is 0.326 e. The van der Waals surface area contributed by atoms with Gasteiger partial charge in [0.25, 0.3) is 0 Å². The lowest BCUT2D eigenvalue weighted by molar-refractivity contribution is -0.143. The fourth-order valence-corrected chi connectivity index (χ4v) is 4.71. The number of carboxylic acid groups (broad SMARTS) is 1. The molecule has 2 aromatic carbocycles. The van der Waals surface area contributed by atoms with Crippen LogP contribution in [0, 0.1) is 5.92 Å². The highest BCUT2D eigenvalue weighted by Gasteiger charge is 2.37. The molecule has 0 radical (unpaired) electrons. The number of rotatable bonds is 18. The number of nitrogens with one attached hydrogen (secondary N) is 3. The maximum absolute atomic E-state index is 13.8. The van der Waals surface area contributed by atoms with Gasteiger partial charge in [-0.05, 0) is 55.9 Å². The fraction of sp³-hybridized carbons (Fsp3) is 0.412.